The van der Waals surface area contributed by atoms with Crippen molar-refractivity contribution in [1.29, 1.82) is 0 Å². The van der Waals surface area contributed by atoms with Crippen molar-refractivity contribution >= 4 is 57.4 Å². The molecule has 0 fully saturated rings. The number of benzene rings is 4. The van der Waals surface area contributed by atoms with Crippen LogP contribution in [0.15, 0.2) is 106 Å². The smallest absolute Gasteiger partial charge is 0.338 e. The fourth-order valence-electron chi connectivity index (χ4n) is 5.24. The molecule has 216 valence electrons. The molecular weight excluding hydrogens is 603 g/mol. The molecule has 43 heavy (non-hydrogen) atoms. The number of aromatic nitrogens is 1. The Bertz CT molecular complexity index is 2090. The van der Waals surface area contributed by atoms with Crippen molar-refractivity contribution in [3.05, 3.63) is 143 Å². The van der Waals surface area contributed by atoms with Gasteiger partial charge in [0.05, 0.1) is 28.5 Å². The van der Waals surface area contributed by atoms with Crippen LogP contribution in [0.25, 0.3) is 16.8 Å². The van der Waals surface area contributed by atoms with Gasteiger partial charge in [0, 0.05) is 21.2 Å². The first kappa shape index (κ1) is 28.9. The van der Waals surface area contributed by atoms with Crippen LogP contribution >= 0.6 is 34.5 Å². The lowest BCUT2D eigenvalue weighted by atomic mass is 9.91. The second kappa shape index (κ2) is 12.2. The fourth-order valence-corrected chi connectivity index (χ4v) is 6.74. The number of halogens is 2. The number of esters is 1. The number of hydrogen-bond acceptors (Lipinski definition) is 6. The molecule has 1 atom stereocenters. The highest BCUT2D eigenvalue weighted by molar-refractivity contribution is 7.07. The summed E-state index contributed by atoms with van der Waals surface area (Å²) in [6.07, 6.45) is 1.80. The Labute approximate surface area is 261 Å². The van der Waals surface area contributed by atoms with E-state index in [1.165, 1.54) is 11.3 Å². The second-order valence-electron chi connectivity index (χ2n) is 9.93. The monoisotopic (exact) mass is 628 g/mol. The van der Waals surface area contributed by atoms with Crippen molar-refractivity contribution in [2.75, 3.05) is 6.61 Å². The number of para-hydroxylation sites is 1. The molecule has 0 amide bonds. The van der Waals surface area contributed by atoms with E-state index in [-0.39, 0.29) is 18.8 Å². The van der Waals surface area contributed by atoms with E-state index in [0.29, 0.717) is 36.4 Å². The molecule has 2 heterocycles. The lowest BCUT2D eigenvalue weighted by Gasteiger charge is -2.25. The minimum Gasteiger partial charge on any atom is -0.488 e. The summed E-state index contributed by atoms with van der Waals surface area (Å²) in [7, 11) is 0. The van der Waals surface area contributed by atoms with Gasteiger partial charge in [-0.1, -0.05) is 101 Å². The second-order valence-corrected chi connectivity index (χ2v) is 11.8. The van der Waals surface area contributed by atoms with E-state index in [1.807, 2.05) is 72.8 Å². The summed E-state index contributed by atoms with van der Waals surface area (Å²) in [6, 6.07) is 25.8. The molecule has 1 aliphatic heterocycles. The predicted molar refractivity (Wildman–Crippen MR) is 172 cm³/mol. The molecule has 0 aliphatic carbocycles. The van der Waals surface area contributed by atoms with Gasteiger partial charge in [0.15, 0.2) is 4.80 Å². The van der Waals surface area contributed by atoms with Gasteiger partial charge in [0.1, 0.15) is 12.4 Å². The van der Waals surface area contributed by atoms with E-state index in [9.17, 15) is 9.59 Å². The first-order valence-electron chi connectivity index (χ1n) is 13.7. The topological polar surface area (TPSA) is 69.9 Å². The lowest BCUT2D eigenvalue weighted by Crippen LogP contribution is -2.40. The average molecular weight is 630 g/mol. The molecule has 6 nitrogen and oxygen atoms in total. The molecule has 1 aliphatic rings. The third kappa shape index (κ3) is 5.64. The maximum absolute atomic E-state index is 14.2. The van der Waals surface area contributed by atoms with Crippen molar-refractivity contribution in [2.45, 2.75) is 26.5 Å². The molecule has 0 unspecified atom stereocenters. The molecule has 0 radical (unpaired) electrons. The normalized spacial score (nSPS) is 14.9. The van der Waals surface area contributed by atoms with E-state index in [0.717, 1.165) is 27.5 Å². The van der Waals surface area contributed by atoms with Gasteiger partial charge in [-0.2, -0.15) is 0 Å². The van der Waals surface area contributed by atoms with E-state index in [1.54, 1.807) is 36.6 Å². The van der Waals surface area contributed by atoms with Gasteiger partial charge in [-0.25, -0.2) is 9.79 Å². The summed E-state index contributed by atoms with van der Waals surface area (Å²) >= 11 is 13.7. The Hall–Kier alpha value is -4.17. The Balaban J connectivity index is 1.48. The zero-order valence-corrected chi connectivity index (χ0v) is 25.7. The molecule has 0 N–H and O–H groups in total. The number of allylic oxidation sites excluding steroid dienone is 1. The third-order valence-corrected chi connectivity index (χ3v) is 8.81. The molecule has 5 aromatic rings. The molecule has 0 saturated heterocycles. The number of rotatable bonds is 7. The molecule has 4 aromatic carbocycles. The molecule has 0 saturated carbocycles. The Morgan fingerprint density at radius 1 is 1.02 bits per heavy atom. The van der Waals surface area contributed by atoms with Gasteiger partial charge in [-0.15, -0.1) is 0 Å². The summed E-state index contributed by atoms with van der Waals surface area (Å²) < 4.78 is 13.7. The Morgan fingerprint density at radius 3 is 2.60 bits per heavy atom. The van der Waals surface area contributed by atoms with Crippen molar-refractivity contribution in [3.63, 3.8) is 0 Å². The van der Waals surface area contributed by atoms with E-state index < -0.39 is 12.0 Å². The van der Waals surface area contributed by atoms with Crippen molar-refractivity contribution < 1.29 is 14.3 Å². The predicted octanol–water partition coefficient (Wildman–Crippen LogP) is 6.84. The van der Waals surface area contributed by atoms with Crippen molar-refractivity contribution in [3.8, 4) is 5.75 Å². The number of thiazole rings is 1. The van der Waals surface area contributed by atoms with Crippen LogP contribution in [0.4, 0.5) is 0 Å². The summed E-state index contributed by atoms with van der Waals surface area (Å²) in [5, 5.41) is 3.01. The van der Waals surface area contributed by atoms with Crippen LogP contribution in [0.5, 0.6) is 5.75 Å². The number of nitrogens with zero attached hydrogens (tertiary/aromatic N) is 2. The molecule has 0 bridgehead atoms. The van der Waals surface area contributed by atoms with Crippen LogP contribution in [0, 0.1) is 0 Å². The van der Waals surface area contributed by atoms with Crippen LogP contribution < -0.4 is 19.6 Å². The van der Waals surface area contributed by atoms with E-state index >= 15 is 0 Å². The van der Waals surface area contributed by atoms with Gasteiger partial charge in [-0.05, 0) is 54.5 Å². The van der Waals surface area contributed by atoms with Gasteiger partial charge in [0.25, 0.3) is 5.56 Å². The maximum atomic E-state index is 14.2. The molecule has 1 aromatic heterocycles. The van der Waals surface area contributed by atoms with Crippen LogP contribution in [-0.2, 0) is 16.1 Å². The maximum Gasteiger partial charge on any atom is 0.338 e. The number of hydrogen-bond donors (Lipinski definition) is 0. The minimum absolute atomic E-state index is 0.209. The quantitative estimate of drug-likeness (QED) is 0.185. The van der Waals surface area contributed by atoms with Crippen molar-refractivity contribution in [2.24, 2.45) is 4.99 Å². The first-order valence-corrected chi connectivity index (χ1v) is 15.3. The summed E-state index contributed by atoms with van der Waals surface area (Å²) in [6.45, 7) is 3.98. The van der Waals surface area contributed by atoms with Crippen LogP contribution in [-0.4, -0.2) is 17.1 Å². The zero-order chi connectivity index (χ0) is 30.1. The molecule has 9 heteroatoms. The highest BCUT2D eigenvalue weighted by Crippen LogP contribution is 2.35. The number of carbonyl (C=O) groups excluding carboxylic acids is 1. The highest BCUT2D eigenvalue weighted by Gasteiger charge is 2.34. The SMILES string of the molecule is CCOC(=O)C1=C(C)N=c2s/c(=C/c3ccccc3OCc3ccc(Cl)cc3Cl)c(=O)n2[C@H]1c1cccc2ccccc12. The number of carbonyl (C=O) groups is 1. The Kier molecular flexibility index (Phi) is 8.21. The molecule has 0 spiro atoms. The lowest BCUT2D eigenvalue weighted by molar-refractivity contribution is -0.139. The van der Waals surface area contributed by atoms with Crippen LogP contribution in [0.2, 0.25) is 10.0 Å². The van der Waals surface area contributed by atoms with Crippen LogP contribution in [0.3, 0.4) is 0 Å². The zero-order valence-electron chi connectivity index (χ0n) is 23.3. The van der Waals surface area contributed by atoms with Gasteiger partial charge < -0.3 is 9.47 Å². The van der Waals surface area contributed by atoms with Gasteiger partial charge in [0.2, 0.25) is 0 Å². The summed E-state index contributed by atoms with van der Waals surface area (Å²) in [4.78, 5) is 32.7. The van der Waals surface area contributed by atoms with Crippen molar-refractivity contribution in [1.82, 2.24) is 4.57 Å². The first-order chi connectivity index (χ1) is 20.9. The standard InChI is InChI=1S/C34H26Cl2N2O4S/c1-3-41-33(40)30-20(2)37-34-38(31(30)26-13-8-11-21-9-4-6-12-25(21)26)32(39)29(43-34)17-22-10-5-7-14-28(22)42-19-23-15-16-24(35)18-27(23)36/h4-18,31H,3,19H2,1-2H3/b29-17+/t31-/m0/s1. The fraction of sp³-hybridized carbons (Fsp3) is 0.147. The third-order valence-electron chi connectivity index (χ3n) is 7.24. The van der Waals surface area contributed by atoms with Gasteiger partial charge >= 0.3 is 5.97 Å². The number of ether oxygens (including phenoxy) is 2. The number of fused-ring (bicyclic) bond motifs is 2. The minimum atomic E-state index is -0.706. The highest BCUT2D eigenvalue weighted by atomic mass is 35.5. The summed E-state index contributed by atoms with van der Waals surface area (Å²) in [5.74, 6) is 0.101. The summed E-state index contributed by atoms with van der Waals surface area (Å²) in [5.41, 5.74) is 2.95. The van der Waals surface area contributed by atoms with Gasteiger partial charge in [-0.3, -0.25) is 9.36 Å². The molecule has 6 rings (SSSR count). The molecular formula is C34H26Cl2N2O4S. The van der Waals surface area contributed by atoms with E-state index in [4.69, 9.17) is 37.7 Å². The average Bonchev–Trinajstić information content (AvgIpc) is 3.30. The Morgan fingerprint density at radius 2 is 1.79 bits per heavy atom. The van der Waals surface area contributed by atoms with E-state index in [2.05, 4.69) is 0 Å². The largest absolute Gasteiger partial charge is 0.488 e. The van der Waals surface area contributed by atoms with Crippen LogP contribution in [0.1, 0.15) is 36.6 Å².